The van der Waals surface area contributed by atoms with Crippen molar-refractivity contribution in [2.45, 2.75) is 32.7 Å². The number of nitrogens with one attached hydrogen (secondary N) is 1. The van der Waals surface area contributed by atoms with Crippen molar-refractivity contribution < 1.29 is 9.59 Å². The van der Waals surface area contributed by atoms with Gasteiger partial charge in [-0.1, -0.05) is 60.7 Å². The van der Waals surface area contributed by atoms with Crippen LogP contribution < -0.4 is 5.32 Å². The zero-order chi connectivity index (χ0) is 22.6. The first-order valence-electron chi connectivity index (χ1n) is 11.1. The standard InChI is InChI=1S/C27H29N3O2/c1-20(2)29-26(32)27(14-16-30(19-27)25(31)24-13-6-7-15-28-24)18-21-9-8-12-23(17-21)22-10-4-3-5-11-22/h3-13,15,17,20H,14,16,18-19H2,1-2H3,(H,29,32). The van der Waals surface area contributed by atoms with E-state index in [1.807, 2.05) is 44.2 Å². The van der Waals surface area contributed by atoms with Gasteiger partial charge in [-0.2, -0.15) is 0 Å². The summed E-state index contributed by atoms with van der Waals surface area (Å²) in [5.74, 6) is -0.114. The summed E-state index contributed by atoms with van der Waals surface area (Å²) in [6, 6.07) is 23.9. The average molecular weight is 428 g/mol. The summed E-state index contributed by atoms with van der Waals surface area (Å²) in [4.78, 5) is 32.3. The Hall–Kier alpha value is -3.47. The summed E-state index contributed by atoms with van der Waals surface area (Å²) in [6.45, 7) is 4.86. The third-order valence-corrected chi connectivity index (χ3v) is 6.00. The van der Waals surface area contributed by atoms with E-state index in [1.165, 1.54) is 0 Å². The minimum Gasteiger partial charge on any atom is -0.353 e. The van der Waals surface area contributed by atoms with E-state index in [0.29, 0.717) is 31.6 Å². The fraction of sp³-hybridized carbons (Fsp3) is 0.296. The van der Waals surface area contributed by atoms with Gasteiger partial charge in [0.05, 0.1) is 5.41 Å². The van der Waals surface area contributed by atoms with Gasteiger partial charge < -0.3 is 10.2 Å². The van der Waals surface area contributed by atoms with Gasteiger partial charge in [-0.3, -0.25) is 14.6 Å². The largest absolute Gasteiger partial charge is 0.353 e. The summed E-state index contributed by atoms with van der Waals surface area (Å²) in [5.41, 5.74) is 3.12. The zero-order valence-corrected chi connectivity index (χ0v) is 18.6. The van der Waals surface area contributed by atoms with Crippen LogP contribution >= 0.6 is 0 Å². The SMILES string of the molecule is CC(C)NC(=O)C1(Cc2cccc(-c3ccccc3)c2)CCN(C(=O)c2ccccn2)C1. The summed E-state index contributed by atoms with van der Waals surface area (Å²) >= 11 is 0. The Morgan fingerprint density at radius 3 is 2.47 bits per heavy atom. The van der Waals surface area contributed by atoms with Gasteiger partial charge >= 0.3 is 0 Å². The van der Waals surface area contributed by atoms with E-state index in [-0.39, 0.29) is 17.9 Å². The van der Waals surface area contributed by atoms with Gasteiger partial charge in [-0.05, 0) is 55.5 Å². The van der Waals surface area contributed by atoms with Crippen molar-refractivity contribution in [1.82, 2.24) is 15.2 Å². The van der Waals surface area contributed by atoms with Crippen molar-refractivity contribution in [1.29, 1.82) is 0 Å². The Balaban J connectivity index is 1.61. The molecule has 2 amide bonds. The van der Waals surface area contributed by atoms with Crippen molar-refractivity contribution in [2.75, 3.05) is 13.1 Å². The minimum atomic E-state index is -0.663. The number of hydrogen-bond donors (Lipinski definition) is 1. The van der Waals surface area contributed by atoms with Crippen molar-refractivity contribution in [3.05, 3.63) is 90.3 Å². The van der Waals surface area contributed by atoms with Crippen LogP contribution in [0.1, 0.15) is 36.3 Å². The van der Waals surface area contributed by atoms with Gasteiger partial charge in [0, 0.05) is 25.3 Å². The van der Waals surface area contributed by atoms with Crippen LogP contribution in [0.25, 0.3) is 11.1 Å². The Kier molecular flexibility index (Phi) is 6.35. The predicted molar refractivity (Wildman–Crippen MR) is 126 cm³/mol. The van der Waals surface area contributed by atoms with Crippen molar-refractivity contribution in [2.24, 2.45) is 5.41 Å². The number of benzene rings is 2. The van der Waals surface area contributed by atoms with Crippen LogP contribution in [0.15, 0.2) is 79.0 Å². The highest BCUT2D eigenvalue weighted by Gasteiger charge is 2.46. The Labute approximate surface area is 189 Å². The number of hydrogen-bond acceptors (Lipinski definition) is 3. The first-order valence-corrected chi connectivity index (χ1v) is 11.1. The fourth-order valence-corrected chi connectivity index (χ4v) is 4.40. The molecule has 0 spiro atoms. The van der Waals surface area contributed by atoms with Crippen molar-refractivity contribution in [3.8, 4) is 11.1 Å². The van der Waals surface area contributed by atoms with Crippen LogP contribution in [0.4, 0.5) is 0 Å². The third-order valence-electron chi connectivity index (χ3n) is 6.00. The number of carbonyl (C=O) groups excluding carboxylic acids is 2. The van der Waals surface area contributed by atoms with E-state index in [0.717, 1.165) is 16.7 Å². The number of aromatic nitrogens is 1. The molecule has 5 nitrogen and oxygen atoms in total. The van der Waals surface area contributed by atoms with Gasteiger partial charge in [0.15, 0.2) is 0 Å². The van der Waals surface area contributed by atoms with Crippen LogP contribution in [0.5, 0.6) is 0 Å². The van der Waals surface area contributed by atoms with Crippen LogP contribution in [-0.4, -0.2) is 40.8 Å². The van der Waals surface area contributed by atoms with E-state index < -0.39 is 5.41 Å². The van der Waals surface area contributed by atoms with E-state index >= 15 is 0 Å². The van der Waals surface area contributed by atoms with Gasteiger partial charge in [0.2, 0.25) is 5.91 Å². The lowest BCUT2D eigenvalue weighted by Gasteiger charge is -2.29. The molecule has 1 aliphatic rings. The summed E-state index contributed by atoms with van der Waals surface area (Å²) in [6.07, 6.45) is 2.83. The lowest BCUT2D eigenvalue weighted by Crippen LogP contribution is -2.47. The summed E-state index contributed by atoms with van der Waals surface area (Å²) in [7, 11) is 0. The monoisotopic (exact) mass is 427 g/mol. The lowest BCUT2D eigenvalue weighted by molar-refractivity contribution is -0.130. The third kappa shape index (κ3) is 4.72. The maximum atomic E-state index is 13.4. The van der Waals surface area contributed by atoms with Gasteiger partial charge in [-0.15, -0.1) is 0 Å². The van der Waals surface area contributed by atoms with E-state index in [2.05, 4.69) is 40.6 Å². The molecule has 0 saturated carbocycles. The van der Waals surface area contributed by atoms with E-state index in [1.54, 1.807) is 23.2 Å². The molecule has 1 N–H and O–H groups in total. The minimum absolute atomic E-state index is 0.00827. The highest BCUT2D eigenvalue weighted by molar-refractivity contribution is 5.94. The fourth-order valence-electron chi connectivity index (χ4n) is 4.40. The second kappa shape index (κ2) is 9.35. The summed E-state index contributed by atoms with van der Waals surface area (Å²) in [5, 5.41) is 3.10. The van der Waals surface area contributed by atoms with E-state index in [9.17, 15) is 9.59 Å². The molecule has 32 heavy (non-hydrogen) atoms. The van der Waals surface area contributed by atoms with Gasteiger partial charge in [0.25, 0.3) is 5.91 Å². The molecule has 3 aromatic rings. The van der Waals surface area contributed by atoms with E-state index in [4.69, 9.17) is 0 Å². The predicted octanol–water partition coefficient (Wildman–Crippen LogP) is 4.35. The average Bonchev–Trinajstić information content (AvgIpc) is 3.25. The molecule has 1 aromatic heterocycles. The molecule has 0 bridgehead atoms. The zero-order valence-electron chi connectivity index (χ0n) is 18.6. The van der Waals surface area contributed by atoms with Crippen LogP contribution in [0.2, 0.25) is 0 Å². The maximum Gasteiger partial charge on any atom is 0.272 e. The summed E-state index contributed by atoms with van der Waals surface area (Å²) < 4.78 is 0. The Morgan fingerprint density at radius 1 is 1.00 bits per heavy atom. The molecular formula is C27H29N3O2. The Bertz CT molecular complexity index is 1080. The topological polar surface area (TPSA) is 62.3 Å². The molecular weight excluding hydrogens is 398 g/mol. The molecule has 0 aliphatic carbocycles. The first kappa shape index (κ1) is 21.8. The maximum absolute atomic E-state index is 13.4. The molecule has 1 unspecified atom stereocenters. The molecule has 0 radical (unpaired) electrons. The molecule has 1 fully saturated rings. The molecule has 1 aliphatic heterocycles. The molecule has 2 aromatic carbocycles. The molecule has 1 saturated heterocycles. The van der Waals surface area contributed by atoms with Crippen LogP contribution in [0.3, 0.4) is 0 Å². The molecule has 4 rings (SSSR count). The van der Waals surface area contributed by atoms with Crippen LogP contribution in [-0.2, 0) is 11.2 Å². The number of amides is 2. The van der Waals surface area contributed by atoms with Crippen molar-refractivity contribution >= 4 is 11.8 Å². The normalized spacial score (nSPS) is 18.0. The highest BCUT2D eigenvalue weighted by atomic mass is 16.2. The molecule has 2 heterocycles. The number of carbonyl (C=O) groups is 2. The van der Waals surface area contributed by atoms with Crippen LogP contribution in [0, 0.1) is 5.41 Å². The smallest absolute Gasteiger partial charge is 0.272 e. The lowest BCUT2D eigenvalue weighted by atomic mass is 9.79. The number of pyridine rings is 1. The molecule has 164 valence electrons. The van der Waals surface area contributed by atoms with Gasteiger partial charge in [0.1, 0.15) is 5.69 Å². The second-order valence-electron chi connectivity index (χ2n) is 8.84. The quantitative estimate of drug-likeness (QED) is 0.636. The van der Waals surface area contributed by atoms with Crippen molar-refractivity contribution in [3.63, 3.8) is 0 Å². The number of likely N-dealkylation sites (tertiary alicyclic amines) is 1. The Morgan fingerprint density at radius 2 is 1.75 bits per heavy atom. The number of nitrogens with zero attached hydrogens (tertiary/aromatic N) is 2. The molecule has 1 atom stereocenters. The number of rotatable bonds is 6. The first-order chi connectivity index (χ1) is 15.5. The second-order valence-corrected chi connectivity index (χ2v) is 8.84. The highest BCUT2D eigenvalue weighted by Crippen LogP contribution is 2.36. The van der Waals surface area contributed by atoms with Gasteiger partial charge in [-0.25, -0.2) is 0 Å². The molecule has 5 heteroatoms.